The summed E-state index contributed by atoms with van der Waals surface area (Å²) in [5, 5.41) is 2.81. The van der Waals surface area contributed by atoms with Crippen molar-refractivity contribution < 1.29 is 9.59 Å². The Morgan fingerprint density at radius 3 is 2.71 bits per heavy atom. The topological polar surface area (TPSA) is 49.4 Å². The van der Waals surface area contributed by atoms with Crippen molar-refractivity contribution in [2.45, 2.75) is 38.6 Å². The van der Waals surface area contributed by atoms with Crippen LogP contribution < -0.4 is 5.32 Å². The maximum atomic E-state index is 11.7. The van der Waals surface area contributed by atoms with Gasteiger partial charge in [-0.05, 0) is 18.8 Å². The van der Waals surface area contributed by atoms with Crippen molar-refractivity contribution in [2.24, 2.45) is 5.92 Å². The van der Waals surface area contributed by atoms with Gasteiger partial charge in [0.25, 0.3) is 0 Å². The Labute approximate surface area is 83.6 Å². The first-order valence-corrected chi connectivity index (χ1v) is 5.32. The molecule has 1 unspecified atom stereocenters. The number of hydrogen-bond donors (Lipinski definition) is 1. The molecular formula is C10H16N2O2. The van der Waals surface area contributed by atoms with Gasteiger partial charge >= 0.3 is 6.03 Å². The summed E-state index contributed by atoms with van der Waals surface area (Å²) in [5.74, 6) is 0.324. The standard InChI is InChI=1S/C10H16N2O2/c1-2-7-5-9(13)12(8-3-4-8)10(14)11-6-7/h7-8H,2-6H2,1H3,(H,11,14). The van der Waals surface area contributed by atoms with Crippen LogP contribution in [-0.4, -0.2) is 29.4 Å². The van der Waals surface area contributed by atoms with Gasteiger partial charge < -0.3 is 5.32 Å². The van der Waals surface area contributed by atoms with Crippen molar-refractivity contribution in [3.63, 3.8) is 0 Å². The average Bonchev–Trinajstić information content (AvgIpc) is 2.95. The van der Waals surface area contributed by atoms with E-state index in [-0.39, 0.29) is 18.0 Å². The van der Waals surface area contributed by atoms with Crippen LogP contribution in [0.5, 0.6) is 0 Å². The second-order valence-corrected chi connectivity index (χ2v) is 4.16. The van der Waals surface area contributed by atoms with Gasteiger partial charge in [0.2, 0.25) is 5.91 Å². The molecule has 0 radical (unpaired) electrons. The monoisotopic (exact) mass is 196 g/mol. The minimum Gasteiger partial charge on any atom is -0.337 e. The Kier molecular flexibility index (Phi) is 2.44. The third-order valence-electron chi connectivity index (χ3n) is 2.98. The normalized spacial score (nSPS) is 28.6. The van der Waals surface area contributed by atoms with Crippen LogP contribution in [0.3, 0.4) is 0 Å². The van der Waals surface area contributed by atoms with Crippen LogP contribution in [0.1, 0.15) is 32.6 Å². The lowest BCUT2D eigenvalue weighted by Gasteiger charge is -2.17. The summed E-state index contributed by atoms with van der Waals surface area (Å²) < 4.78 is 0. The van der Waals surface area contributed by atoms with Gasteiger partial charge in [0, 0.05) is 19.0 Å². The molecule has 1 N–H and O–H groups in total. The van der Waals surface area contributed by atoms with Crippen molar-refractivity contribution in [2.75, 3.05) is 6.54 Å². The van der Waals surface area contributed by atoms with Gasteiger partial charge in [0.1, 0.15) is 0 Å². The molecule has 4 heteroatoms. The number of imide groups is 1. The fourth-order valence-electron chi connectivity index (χ4n) is 1.84. The lowest BCUT2D eigenvalue weighted by atomic mass is 10.0. The van der Waals surface area contributed by atoms with E-state index in [1.54, 1.807) is 0 Å². The molecule has 1 atom stereocenters. The van der Waals surface area contributed by atoms with Crippen molar-refractivity contribution in [3.05, 3.63) is 0 Å². The molecule has 0 aromatic heterocycles. The fraction of sp³-hybridized carbons (Fsp3) is 0.800. The molecule has 0 aromatic rings. The predicted octanol–water partition coefficient (Wildman–Crippen LogP) is 1.12. The van der Waals surface area contributed by atoms with E-state index < -0.39 is 0 Å². The van der Waals surface area contributed by atoms with Gasteiger partial charge in [0.05, 0.1) is 0 Å². The smallest absolute Gasteiger partial charge is 0.324 e. The Hall–Kier alpha value is -1.06. The highest BCUT2D eigenvalue weighted by atomic mass is 16.2. The van der Waals surface area contributed by atoms with Gasteiger partial charge in [-0.1, -0.05) is 13.3 Å². The molecule has 0 bridgehead atoms. The van der Waals surface area contributed by atoms with Crippen LogP contribution >= 0.6 is 0 Å². The molecule has 1 heterocycles. The van der Waals surface area contributed by atoms with E-state index in [9.17, 15) is 9.59 Å². The highest BCUT2D eigenvalue weighted by molar-refractivity contribution is 5.96. The molecule has 2 rings (SSSR count). The zero-order chi connectivity index (χ0) is 10.1. The quantitative estimate of drug-likeness (QED) is 0.719. The number of rotatable bonds is 2. The number of urea groups is 1. The van der Waals surface area contributed by atoms with E-state index in [0.717, 1.165) is 19.3 Å². The fourth-order valence-corrected chi connectivity index (χ4v) is 1.84. The Balaban J connectivity index is 2.08. The molecule has 4 nitrogen and oxygen atoms in total. The molecule has 14 heavy (non-hydrogen) atoms. The van der Waals surface area contributed by atoms with Gasteiger partial charge in [-0.15, -0.1) is 0 Å². The first-order chi connectivity index (χ1) is 6.72. The molecule has 1 aliphatic carbocycles. The van der Waals surface area contributed by atoms with Crippen molar-refractivity contribution in [3.8, 4) is 0 Å². The van der Waals surface area contributed by atoms with E-state index in [1.807, 2.05) is 0 Å². The van der Waals surface area contributed by atoms with E-state index >= 15 is 0 Å². The van der Waals surface area contributed by atoms with Gasteiger partial charge in [-0.2, -0.15) is 0 Å². The lowest BCUT2D eigenvalue weighted by Crippen LogP contribution is -2.42. The third kappa shape index (κ3) is 1.74. The van der Waals surface area contributed by atoms with Crippen molar-refractivity contribution in [1.29, 1.82) is 0 Å². The van der Waals surface area contributed by atoms with E-state index in [2.05, 4.69) is 12.2 Å². The largest absolute Gasteiger partial charge is 0.337 e. The molecule has 1 aliphatic heterocycles. The van der Waals surface area contributed by atoms with Crippen molar-refractivity contribution >= 4 is 11.9 Å². The number of hydrogen-bond acceptors (Lipinski definition) is 2. The van der Waals surface area contributed by atoms with Crippen LogP contribution in [-0.2, 0) is 4.79 Å². The summed E-state index contributed by atoms with van der Waals surface area (Å²) >= 11 is 0. The highest BCUT2D eigenvalue weighted by Gasteiger charge is 2.39. The minimum absolute atomic E-state index is 0.00866. The second-order valence-electron chi connectivity index (χ2n) is 4.16. The molecule has 0 aromatic carbocycles. The molecule has 1 saturated heterocycles. The highest BCUT2D eigenvalue weighted by Crippen LogP contribution is 2.29. The van der Waals surface area contributed by atoms with Gasteiger partial charge in [-0.3, -0.25) is 9.69 Å². The van der Waals surface area contributed by atoms with E-state index in [0.29, 0.717) is 18.9 Å². The summed E-state index contributed by atoms with van der Waals surface area (Å²) in [6.45, 7) is 2.70. The van der Waals surface area contributed by atoms with Crippen LogP contribution in [0.4, 0.5) is 4.79 Å². The van der Waals surface area contributed by atoms with Gasteiger partial charge in [-0.25, -0.2) is 4.79 Å². The summed E-state index contributed by atoms with van der Waals surface area (Å²) in [5.41, 5.74) is 0. The number of nitrogens with one attached hydrogen (secondary N) is 1. The average molecular weight is 196 g/mol. The first kappa shape index (κ1) is 9.49. The summed E-state index contributed by atoms with van der Waals surface area (Å²) in [6.07, 6.45) is 3.43. The molecule has 78 valence electrons. The van der Waals surface area contributed by atoms with Crippen LogP contribution in [0.25, 0.3) is 0 Å². The first-order valence-electron chi connectivity index (χ1n) is 5.32. The minimum atomic E-state index is -0.187. The van der Waals surface area contributed by atoms with E-state index in [1.165, 1.54) is 4.90 Å². The molecule has 2 fully saturated rings. The van der Waals surface area contributed by atoms with Crippen molar-refractivity contribution in [1.82, 2.24) is 10.2 Å². The zero-order valence-electron chi connectivity index (χ0n) is 8.45. The Morgan fingerprint density at radius 2 is 2.14 bits per heavy atom. The summed E-state index contributed by atoms with van der Waals surface area (Å²) in [6, 6.07) is 0.00607. The van der Waals surface area contributed by atoms with Crippen LogP contribution in [0, 0.1) is 5.92 Å². The molecule has 1 saturated carbocycles. The Morgan fingerprint density at radius 1 is 1.43 bits per heavy atom. The van der Waals surface area contributed by atoms with Crippen LogP contribution in [0.2, 0.25) is 0 Å². The molecule has 0 spiro atoms. The zero-order valence-corrected chi connectivity index (χ0v) is 8.45. The lowest BCUT2D eigenvalue weighted by molar-refractivity contribution is -0.129. The molecule has 2 aliphatic rings. The maximum Gasteiger partial charge on any atom is 0.324 e. The second kappa shape index (κ2) is 3.59. The van der Waals surface area contributed by atoms with Crippen LogP contribution in [0.15, 0.2) is 0 Å². The third-order valence-corrected chi connectivity index (χ3v) is 2.98. The number of amides is 3. The summed E-state index contributed by atoms with van der Waals surface area (Å²) in [7, 11) is 0. The SMILES string of the molecule is CCC1CNC(=O)N(C2CC2)C(=O)C1. The number of carbonyl (C=O) groups excluding carboxylic acids is 2. The molecule has 3 amide bonds. The van der Waals surface area contributed by atoms with Gasteiger partial charge in [0.15, 0.2) is 0 Å². The van der Waals surface area contributed by atoms with E-state index in [4.69, 9.17) is 0 Å². The maximum absolute atomic E-state index is 11.7. The predicted molar refractivity (Wildman–Crippen MR) is 51.7 cm³/mol. The summed E-state index contributed by atoms with van der Waals surface area (Å²) in [4.78, 5) is 24.7. The number of nitrogens with zero attached hydrogens (tertiary/aromatic N) is 1. The Bertz CT molecular complexity index is 261. The molecular weight excluding hydrogens is 180 g/mol. The number of carbonyl (C=O) groups is 2.